The van der Waals surface area contributed by atoms with Crippen LogP contribution in [-0.4, -0.2) is 48.2 Å². The van der Waals surface area contributed by atoms with E-state index in [1.165, 1.54) is 5.56 Å². The Morgan fingerprint density at radius 2 is 1.71 bits per heavy atom. The molecular weight excluding hydrogens is 266 g/mol. The molecule has 1 aromatic carbocycles. The summed E-state index contributed by atoms with van der Waals surface area (Å²) >= 11 is 0. The highest BCUT2D eigenvalue weighted by molar-refractivity contribution is 5.14. The van der Waals surface area contributed by atoms with Crippen molar-refractivity contribution < 1.29 is 9.26 Å². The molecule has 0 bridgehead atoms. The normalized spacial score (nSPS) is 17.0. The highest BCUT2D eigenvalue weighted by Gasteiger charge is 2.18. The van der Waals surface area contributed by atoms with E-state index in [1.54, 1.807) is 7.11 Å². The summed E-state index contributed by atoms with van der Waals surface area (Å²) in [5.74, 6) is 1.41. The van der Waals surface area contributed by atoms with E-state index in [-0.39, 0.29) is 0 Å². The molecule has 2 aromatic rings. The highest BCUT2D eigenvalue weighted by atomic mass is 16.5. The number of nitrogens with zero attached hydrogens (tertiary/aromatic N) is 3. The topological polar surface area (TPSA) is 41.7 Å². The number of benzene rings is 1. The zero-order valence-electron chi connectivity index (χ0n) is 12.4. The lowest BCUT2D eigenvalue weighted by Crippen LogP contribution is -2.45. The first-order valence-electron chi connectivity index (χ1n) is 7.32. The first kappa shape index (κ1) is 14.1. The molecule has 2 heterocycles. The predicted molar refractivity (Wildman–Crippen MR) is 80.1 cm³/mol. The fraction of sp³-hybridized carbons (Fsp3) is 0.438. The molecule has 1 aromatic heterocycles. The number of aromatic nitrogens is 1. The fourth-order valence-corrected chi connectivity index (χ4v) is 2.63. The van der Waals surface area contributed by atoms with Crippen molar-refractivity contribution in [1.29, 1.82) is 0 Å². The summed E-state index contributed by atoms with van der Waals surface area (Å²) in [6, 6.07) is 12.5. The highest BCUT2D eigenvalue weighted by Crippen LogP contribution is 2.15. The van der Waals surface area contributed by atoms with Gasteiger partial charge in [0.1, 0.15) is 0 Å². The van der Waals surface area contributed by atoms with Gasteiger partial charge < -0.3 is 9.26 Å². The van der Waals surface area contributed by atoms with Crippen molar-refractivity contribution in [3.63, 3.8) is 0 Å². The van der Waals surface area contributed by atoms with Gasteiger partial charge in [0.25, 0.3) is 5.88 Å². The monoisotopic (exact) mass is 287 g/mol. The molecule has 1 saturated heterocycles. The van der Waals surface area contributed by atoms with Crippen molar-refractivity contribution in [3.05, 3.63) is 47.7 Å². The summed E-state index contributed by atoms with van der Waals surface area (Å²) < 4.78 is 10.3. The second-order valence-electron chi connectivity index (χ2n) is 5.37. The molecule has 5 heteroatoms. The quantitative estimate of drug-likeness (QED) is 0.841. The lowest BCUT2D eigenvalue weighted by molar-refractivity contribution is 0.113. The van der Waals surface area contributed by atoms with E-state index in [9.17, 15) is 0 Å². The Morgan fingerprint density at radius 3 is 2.33 bits per heavy atom. The van der Waals surface area contributed by atoms with Gasteiger partial charge in [-0.3, -0.25) is 9.80 Å². The van der Waals surface area contributed by atoms with Gasteiger partial charge in [-0.05, 0) is 10.7 Å². The Labute approximate surface area is 125 Å². The van der Waals surface area contributed by atoms with Crippen molar-refractivity contribution in [1.82, 2.24) is 15.0 Å². The third-order valence-electron chi connectivity index (χ3n) is 3.84. The minimum absolute atomic E-state index is 0.549. The molecule has 3 rings (SSSR count). The molecule has 1 fully saturated rings. The van der Waals surface area contributed by atoms with Gasteiger partial charge in [0.05, 0.1) is 13.7 Å². The smallest absolute Gasteiger partial charge is 0.254 e. The third kappa shape index (κ3) is 3.83. The van der Waals surface area contributed by atoms with Crippen molar-refractivity contribution in [3.8, 4) is 5.88 Å². The van der Waals surface area contributed by atoms with Crippen molar-refractivity contribution >= 4 is 0 Å². The Bertz CT molecular complexity index is 548. The van der Waals surface area contributed by atoms with Gasteiger partial charge in [-0.15, -0.1) is 0 Å². The minimum Gasteiger partial charge on any atom is -0.479 e. The van der Waals surface area contributed by atoms with E-state index in [0.29, 0.717) is 5.88 Å². The second-order valence-corrected chi connectivity index (χ2v) is 5.37. The molecule has 112 valence electrons. The van der Waals surface area contributed by atoms with E-state index >= 15 is 0 Å². The lowest BCUT2D eigenvalue weighted by atomic mass is 10.2. The van der Waals surface area contributed by atoms with Gasteiger partial charge in [0, 0.05) is 38.8 Å². The molecule has 0 atom stereocenters. The summed E-state index contributed by atoms with van der Waals surface area (Å²) in [6.45, 7) is 6.10. The Kier molecular flexibility index (Phi) is 4.52. The Balaban J connectivity index is 1.46. The maximum absolute atomic E-state index is 5.25. The molecule has 0 radical (unpaired) electrons. The summed E-state index contributed by atoms with van der Waals surface area (Å²) in [5.41, 5.74) is 1.38. The SMILES string of the molecule is COc1cc(CN2CCN(Cc3ccccc3)CC2)on1. The van der Waals surface area contributed by atoms with E-state index in [0.717, 1.165) is 45.0 Å². The van der Waals surface area contributed by atoms with Crippen LogP contribution < -0.4 is 4.74 Å². The molecule has 0 saturated carbocycles. The van der Waals surface area contributed by atoms with Crippen molar-refractivity contribution in [2.45, 2.75) is 13.1 Å². The van der Waals surface area contributed by atoms with Crippen LogP contribution in [0.2, 0.25) is 0 Å². The van der Waals surface area contributed by atoms with Gasteiger partial charge in [0.15, 0.2) is 5.76 Å². The van der Waals surface area contributed by atoms with Crippen molar-refractivity contribution in [2.75, 3.05) is 33.3 Å². The van der Waals surface area contributed by atoms with Gasteiger partial charge >= 0.3 is 0 Å². The largest absolute Gasteiger partial charge is 0.479 e. The summed E-state index contributed by atoms with van der Waals surface area (Å²) in [7, 11) is 1.60. The first-order valence-corrected chi connectivity index (χ1v) is 7.32. The van der Waals surface area contributed by atoms with E-state index < -0.39 is 0 Å². The van der Waals surface area contributed by atoms with Crippen LogP contribution in [0.15, 0.2) is 40.9 Å². The van der Waals surface area contributed by atoms with E-state index in [4.69, 9.17) is 9.26 Å². The maximum atomic E-state index is 5.25. The van der Waals surface area contributed by atoms with Gasteiger partial charge in [-0.25, -0.2) is 0 Å². The van der Waals surface area contributed by atoms with E-state index in [2.05, 4.69) is 45.3 Å². The number of hydrogen-bond donors (Lipinski definition) is 0. The van der Waals surface area contributed by atoms with Crippen LogP contribution in [0.4, 0.5) is 0 Å². The van der Waals surface area contributed by atoms with Gasteiger partial charge in [0.2, 0.25) is 0 Å². The molecule has 5 nitrogen and oxygen atoms in total. The van der Waals surface area contributed by atoms with Gasteiger partial charge in [-0.1, -0.05) is 30.3 Å². The van der Waals surface area contributed by atoms with Crippen LogP contribution in [-0.2, 0) is 13.1 Å². The van der Waals surface area contributed by atoms with Crippen LogP contribution in [0.1, 0.15) is 11.3 Å². The second kappa shape index (κ2) is 6.74. The molecule has 21 heavy (non-hydrogen) atoms. The standard InChI is InChI=1S/C16H21N3O2/c1-20-16-11-15(21-17-16)13-19-9-7-18(8-10-19)12-14-5-3-2-4-6-14/h2-6,11H,7-10,12-13H2,1H3. The summed E-state index contributed by atoms with van der Waals surface area (Å²) in [4.78, 5) is 4.88. The van der Waals surface area contributed by atoms with Crippen LogP contribution in [0.5, 0.6) is 5.88 Å². The van der Waals surface area contributed by atoms with Crippen LogP contribution in [0.3, 0.4) is 0 Å². The van der Waals surface area contributed by atoms with E-state index in [1.807, 2.05) is 6.07 Å². The molecule has 0 N–H and O–H groups in total. The molecule has 1 aliphatic heterocycles. The average Bonchev–Trinajstić information content (AvgIpc) is 2.98. The molecule has 1 aliphatic rings. The van der Waals surface area contributed by atoms with Crippen LogP contribution in [0, 0.1) is 0 Å². The molecule has 0 spiro atoms. The Morgan fingerprint density at radius 1 is 1.05 bits per heavy atom. The van der Waals surface area contributed by atoms with Gasteiger partial charge in [-0.2, -0.15) is 0 Å². The third-order valence-corrected chi connectivity index (χ3v) is 3.84. The average molecular weight is 287 g/mol. The lowest BCUT2D eigenvalue weighted by Gasteiger charge is -2.34. The number of methoxy groups -OCH3 is 1. The fourth-order valence-electron chi connectivity index (χ4n) is 2.63. The molecular formula is C16H21N3O2. The summed E-state index contributed by atoms with van der Waals surface area (Å²) in [6.07, 6.45) is 0. The zero-order valence-corrected chi connectivity index (χ0v) is 12.4. The number of hydrogen-bond acceptors (Lipinski definition) is 5. The zero-order chi connectivity index (χ0) is 14.5. The number of piperazine rings is 1. The number of ether oxygens (including phenoxy) is 1. The molecule has 0 amide bonds. The summed E-state index contributed by atoms with van der Waals surface area (Å²) in [5, 5.41) is 3.84. The minimum atomic E-state index is 0.549. The Hall–Kier alpha value is -1.85. The van der Waals surface area contributed by atoms with Crippen LogP contribution in [0.25, 0.3) is 0 Å². The maximum Gasteiger partial charge on any atom is 0.254 e. The predicted octanol–water partition coefficient (Wildman–Crippen LogP) is 2.00. The molecule has 0 aliphatic carbocycles. The number of rotatable bonds is 5. The van der Waals surface area contributed by atoms with Crippen LogP contribution >= 0.6 is 0 Å². The first-order chi connectivity index (χ1) is 10.3. The van der Waals surface area contributed by atoms with Crippen molar-refractivity contribution in [2.24, 2.45) is 0 Å². The molecule has 0 unspecified atom stereocenters.